The van der Waals surface area contributed by atoms with E-state index in [9.17, 15) is 0 Å². The summed E-state index contributed by atoms with van der Waals surface area (Å²) >= 11 is 0. The molecular weight excluding hydrogens is 661 g/mol. The molecule has 3 heterocycles. The molecule has 0 aliphatic heterocycles. The van der Waals surface area contributed by atoms with Gasteiger partial charge in [-0.25, -0.2) is 15.0 Å². The second-order valence-corrected chi connectivity index (χ2v) is 13.6. The third kappa shape index (κ3) is 4.83. The number of rotatable bonds is 5. The van der Waals surface area contributed by atoms with Gasteiger partial charge in [-0.2, -0.15) is 0 Å². The molecule has 0 spiro atoms. The van der Waals surface area contributed by atoms with Gasteiger partial charge in [-0.15, -0.1) is 0 Å². The molecule has 0 saturated heterocycles. The van der Waals surface area contributed by atoms with Gasteiger partial charge in [-0.1, -0.05) is 140 Å². The van der Waals surface area contributed by atoms with E-state index in [2.05, 4.69) is 150 Å². The third-order valence-electron chi connectivity index (χ3n) is 10.4. The van der Waals surface area contributed by atoms with Crippen LogP contribution in [0.5, 0.6) is 0 Å². The first-order valence-corrected chi connectivity index (χ1v) is 18.1. The molecule has 54 heavy (non-hydrogen) atoms. The van der Waals surface area contributed by atoms with Crippen LogP contribution in [0.15, 0.2) is 186 Å². The van der Waals surface area contributed by atoms with Crippen LogP contribution in [0.2, 0.25) is 0 Å². The van der Waals surface area contributed by atoms with E-state index in [-0.39, 0.29) is 0 Å². The zero-order valence-electron chi connectivity index (χ0n) is 29.0. The molecule has 0 atom stereocenters. The van der Waals surface area contributed by atoms with Gasteiger partial charge < -0.3 is 8.98 Å². The quantitative estimate of drug-likeness (QED) is 0.180. The molecule has 0 unspecified atom stereocenters. The molecule has 252 valence electrons. The average Bonchev–Trinajstić information content (AvgIpc) is 3.80. The molecule has 0 N–H and O–H groups in total. The maximum absolute atomic E-state index is 6.96. The highest BCUT2D eigenvalue weighted by Crippen LogP contribution is 2.43. The van der Waals surface area contributed by atoms with E-state index in [1.807, 2.05) is 36.4 Å². The minimum atomic E-state index is 0.584. The Bertz CT molecular complexity index is 3160. The van der Waals surface area contributed by atoms with E-state index in [1.54, 1.807) is 0 Å². The van der Waals surface area contributed by atoms with E-state index in [4.69, 9.17) is 19.4 Å². The predicted octanol–water partition coefficient (Wildman–Crippen LogP) is 12.7. The minimum Gasteiger partial charge on any atom is -0.455 e. The van der Waals surface area contributed by atoms with Gasteiger partial charge in [0.05, 0.1) is 22.1 Å². The van der Waals surface area contributed by atoms with Gasteiger partial charge in [0.15, 0.2) is 17.5 Å². The van der Waals surface area contributed by atoms with Crippen molar-refractivity contribution in [3.05, 3.63) is 182 Å². The Labute approximate surface area is 310 Å². The largest absolute Gasteiger partial charge is 0.455 e. The maximum Gasteiger partial charge on any atom is 0.164 e. The summed E-state index contributed by atoms with van der Waals surface area (Å²) in [6, 6.07) is 63.2. The number of hydrogen-bond acceptors (Lipinski definition) is 4. The molecule has 0 aliphatic rings. The van der Waals surface area contributed by atoms with Crippen LogP contribution in [0, 0.1) is 0 Å². The summed E-state index contributed by atoms with van der Waals surface area (Å²) in [7, 11) is 0. The fraction of sp³-hybridized carbons (Fsp3) is 0. The summed E-state index contributed by atoms with van der Waals surface area (Å²) in [6.07, 6.45) is 0. The maximum atomic E-state index is 6.96. The molecule has 0 bridgehead atoms. The Morgan fingerprint density at radius 3 is 1.65 bits per heavy atom. The van der Waals surface area contributed by atoms with Crippen LogP contribution in [0.3, 0.4) is 0 Å². The number of nitrogens with zero attached hydrogens (tertiary/aromatic N) is 4. The van der Waals surface area contributed by atoms with Gasteiger partial charge in [0.25, 0.3) is 0 Å². The molecule has 5 nitrogen and oxygen atoms in total. The Morgan fingerprint density at radius 1 is 0.389 bits per heavy atom. The number of para-hydroxylation sites is 2. The standard InChI is InChI=1S/C49H30N4O/c1-3-14-32(15-4-1)37-27-28-43(53-41-21-11-9-19-38(41)39-20-10-12-22-42(39)53)45-40-26-25-36(30-44(40)54-46(37)45)49-51-47(33-16-5-2-6-17-33)50-48(52-49)35-24-23-31-13-7-8-18-34(31)29-35/h1-30H. The summed E-state index contributed by atoms with van der Waals surface area (Å²) < 4.78 is 9.33. The van der Waals surface area contributed by atoms with Crippen LogP contribution in [-0.4, -0.2) is 19.5 Å². The molecule has 11 rings (SSSR count). The normalized spacial score (nSPS) is 11.7. The van der Waals surface area contributed by atoms with Gasteiger partial charge in [0.1, 0.15) is 11.2 Å². The zero-order valence-corrected chi connectivity index (χ0v) is 29.0. The zero-order chi connectivity index (χ0) is 35.6. The average molecular weight is 691 g/mol. The van der Waals surface area contributed by atoms with Gasteiger partial charge in [0, 0.05) is 38.4 Å². The van der Waals surface area contributed by atoms with Crippen molar-refractivity contribution in [2.75, 3.05) is 0 Å². The lowest BCUT2D eigenvalue weighted by molar-refractivity contribution is 0.670. The minimum absolute atomic E-state index is 0.584. The fourth-order valence-electron chi connectivity index (χ4n) is 7.89. The Morgan fingerprint density at radius 2 is 0.944 bits per heavy atom. The van der Waals surface area contributed by atoms with Crippen LogP contribution in [0.1, 0.15) is 0 Å². The van der Waals surface area contributed by atoms with Gasteiger partial charge in [0.2, 0.25) is 0 Å². The highest BCUT2D eigenvalue weighted by Gasteiger charge is 2.22. The number of fused-ring (bicyclic) bond motifs is 7. The lowest BCUT2D eigenvalue weighted by Crippen LogP contribution is -2.00. The van der Waals surface area contributed by atoms with Crippen LogP contribution in [0.4, 0.5) is 0 Å². The summed E-state index contributed by atoms with van der Waals surface area (Å²) in [6.45, 7) is 0. The second-order valence-electron chi connectivity index (χ2n) is 13.6. The van der Waals surface area contributed by atoms with E-state index in [0.717, 1.165) is 71.9 Å². The lowest BCUT2D eigenvalue weighted by atomic mass is 10.0. The molecule has 0 aliphatic carbocycles. The Kier molecular flexibility index (Phi) is 6.79. The van der Waals surface area contributed by atoms with Crippen molar-refractivity contribution in [1.29, 1.82) is 0 Å². The van der Waals surface area contributed by atoms with Crippen LogP contribution >= 0.6 is 0 Å². The number of aromatic nitrogens is 4. The SMILES string of the molecule is c1ccc(-c2nc(-c3ccc4ccccc4c3)nc(-c3ccc4c(c3)oc3c(-c5ccccc5)ccc(-n5c6ccccc6c6ccccc65)c34)n2)cc1. The molecule has 11 aromatic rings. The van der Waals surface area contributed by atoms with E-state index < -0.39 is 0 Å². The smallest absolute Gasteiger partial charge is 0.164 e. The van der Waals surface area contributed by atoms with Gasteiger partial charge >= 0.3 is 0 Å². The number of furan rings is 1. The number of hydrogen-bond donors (Lipinski definition) is 0. The highest BCUT2D eigenvalue weighted by molar-refractivity contribution is 6.17. The molecule has 0 radical (unpaired) electrons. The first-order chi connectivity index (χ1) is 26.8. The van der Waals surface area contributed by atoms with Crippen molar-refractivity contribution in [2.24, 2.45) is 0 Å². The van der Waals surface area contributed by atoms with Gasteiger partial charge in [-0.3, -0.25) is 0 Å². The molecule has 0 amide bonds. The van der Waals surface area contributed by atoms with Crippen LogP contribution in [0.25, 0.3) is 105 Å². The molecule has 5 heteroatoms. The van der Waals surface area contributed by atoms with Crippen molar-refractivity contribution in [3.63, 3.8) is 0 Å². The monoisotopic (exact) mass is 690 g/mol. The summed E-state index contributed by atoms with van der Waals surface area (Å²) in [4.78, 5) is 15.1. The van der Waals surface area contributed by atoms with Crippen molar-refractivity contribution < 1.29 is 4.42 Å². The third-order valence-corrected chi connectivity index (χ3v) is 10.4. The first kappa shape index (κ1) is 30.3. The van der Waals surface area contributed by atoms with Crippen molar-refractivity contribution in [3.8, 4) is 51.0 Å². The van der Waals surface area contributed by atoms with Crippen molar-refractivity contribution in [1.82, 2.24) is 19.5 Å². The summed E-state index contributed by atoms with van der Waals surface area (Å²) in [5, 5.41) is 6.82. The summed E-state index contributed by atoms with van der Waals surface area (Å²) in [5.74, 6) is 1.82. The Balaban J connectivity index is 1.16. The van der Waals surface area contributed by atoms with E-state index in [0.29, 0.717) is 17.5 Å². The van der Waals surface area contributed by atoms with Crippen molar-refractivity contribution >= 4 is 54.5 Å². The Hall–Kier alpha value is -7.37. The molecule has 3 aromatic heterocycles. The summed E-state index contributed by atoms with van der Waals surface area (Å²) in [5.41, 5.74) is 9.82. The number of benzene rings is 8. The lowest BCUT2D eigenvalue weighted by Gasteiger charge is -2.12. The van der Waals surface area contributed by atoms with Crippen molar-refractivity contribution in [2.45, 2.75) is 0 Å². The predicted molar refractivity (Wildman–Crippen MR) is 221 cm³/mol. The fourth-order valence-corrected chi connectivity index (χ4v) is 7.89. The van der Waals surface area contributed by atoms with E-state index in [1.165, 1.54) is 16.2 Å². The van der Waals surface area contributed by atoms with Gasteiger partial charge in [-0.05, 0) is 58.8 Å². The second kappa shape index (κ2) is 12.1. The molecule has 0 fully saturated rings. The first-order valence-electron chi connectivity index (χ1n) is 18.1. The molecule has 8 aromatic carbocycles. The molecular formula is C49H30N4O. The van der Waals surface area contributed by atoms with Crippen LogP contribution < -0.4 is 0 Å². The molecule has 0 saturated carbocycles. The van der Waals surface area contributed by atoms with E-state index >= 15 is 0 Å². The highest BCUT2D eigenvalue weighted by atomic mass is 16.3. The van der Waals surface area contributed by atoms with Crippen LogP contribution in [-0.2, 0) is 0 Å². The topological polar surface area (TPSA) is 56.7 Å².